The highest BCUT2D eigenvalue weighted by molar-refractivity contribution is 7.92. The van der Waals surface area contributed by atoms with Crippen LogP contribution in [-0.4, -0.2) is 8.42 Å². The molecule has 0 amide bonds. The maximum absolute atomic E-state index is 14.5. The Morgan fingerprint density at radius 2 is 1.81 bits per heavy atom. The van der Waals surface area contributed by atoms with Crippen LogP contribution in [0.5, 0.6) is 0 Å². The molecule has 3 atom stereocenters. The molecule has 164 valence electrons. The number of hydrogen-bond acceptors (Lipinski definition) is 3. The Morgan fingerprint density at radius 3 is 2.62 bits per heavy atom. The lowest BCUT2D eigenvalue weighted by atomic mass is 9.77. The van der Waals surface area contributed by atoms with Crippen molar-refractivity contribution in [1.82, 2.24) is 0 Å². The summed E-state index contributed by atoms with van der Waals surface area (Å²) >= 11 is 0. The van der Waals surface area contributed by atoms with Gasteiger partial charge in [-0.25, -0.2) is 12.8 Å². The van der Waals surface area contributed by atoms with Crippen LogP contribution in [0.15, 0.2) is 77.7 Å². The van der Waals surface area contributed by atoms with Crippen molar-refractivity contribution in [3.63, 3.8) is 0 Å². The zero-order valence-electron chi connectivity index (χ0n) is 18.0. The van der Waals surface area contributed by atoms with Crippen molar-refractivity contribution < 1.29 is 12.8 Å². The number of benzene rings is 3. The first-order valence-electron chi connectivity index (χ1n) is 10.7. The molecule has 1 heterocycles. The molecular formula is C26H25FN2O2S. The summed E-state index contributed by atoms with van der Waals surface area (Å²) in [4.78, 5) is 0.224. The van der Waals surface area contributed by atoms with Gasteiger partial charge >= 0.3 is 0 Å². The number of anilines is 2. The number of fused-ring (bicyclic) bond motifs is 3. The first-order chi connectivity index (χ1) is 15.3. The van der Waals surface area contributed by atoms with Crippen molar-refractivity contribution >= 4 is 21.4 Å². The first-order valence-corrected chi connectivity index (χ1v) is 12.2. The molecule has 0 unspecified atom stereocenters. The third-order valence-electron chi connectivity index (χ3n) is 6.52. The summed E-state index contributed by atoms with van der Waals surface area (Å²) in [6.07, 6.45) is 5.04. The van der Waals surface area contributed by atoms with Crippen molar-refractivity contribution in [2.45, 2.75) is 37.1 Å². The third-order valence-corrected chi connectivity index (χ3v) is 7.89. The summed E-state index contributed by atoms with van der Waals surface area (Å²) in [7, 11) is -3.75. The minimum atomic E-state index is -3.75. The minimum Gasteiger partial charge on any atom is -0.378 e. The van der Waals surface area contributed by atoms with Crippen LogP contribution in [0.3, 0.4) is 0 Å². The molecule has 0 aromatic heterocycles. The van der Waals surface area contributed by atoms with E-state index in [2.05, 4.69) is 22.2 Å². The molecule has 4 nitrogen and oxygen atoms in total. The van der Waals surface area contributed by atoms with Crippen molar-refractivity contribution in [2.75, 3.05) is 10.0 Å². The van der Waals surface area contributed by atoms with Gasteiger partial charge in [0.05, 0.1) is 16.6 Å². The lowest BCUT2D eigenvalue weighted by molar-refractivity contribution is 0.413. The molecule has 6 heteroatoms. The highest BCUT2D eigenvalue weighted by Crippen LogP contribution is 2.50. The van der Waals surface area contributed by atoms with E-state index in [-0.39, 0.29) is 28.6 Å². The van der Waals surface area contributed by atoms with Crippen molar-refractivity contribution in [3.8, 4) is 0 Å². The molecule has 0 saturated carbocycles. The number of halogens is 1. The Kier molecular flexibility index (Phi) is 5.05. The average Bonchev–Trinajstić information content (AvgIpc) is 3.26. The Labute approximate surface area is 188 Å². The number of nitrogens with one attached hydrogen (secondary N) is 2. The topological polar surface area (TPSA) is 58.2 Å². The van der Waals surface area contributed by atoms with Gasteiger partial charge in [-0.05, 0) is 73.2 Å². The summed E-state index contributed by atoms with van der Waals surface area (Å²) in [5, 5.41) is 3.48. The number of sulfonamides is 1. The van der Waals surface area contributed by atoms with E-state index in [4.69, 9.17) is 0 Å². The van der Waals surface area contributed by atoms with Crippen LogP contribution in [0.25, 0.3) is 0 Å². The number of hydrogen-bond donors (Lipinski definition) is 2. The second-order valence-corrected chi connectivity index (χ2v) is 10.4. The molecular weight excluding hydrogens is 423 g/mol. The van der Waals surface area contributed by atoms with Gasteiger partial charge < -0.3 is 5.32 Å². The SMILES string of the molecule is Cc1ccc(C)c(NS(=O)(=O)c2ccc3c(c2)[C@H]2C=CC[C@H]2[C@@H](c2ccccc2F)N3)c1. The lowest BCUT2D eigenvalue weighted by Crippen LogP contribution is -2.30. The van der Waals surface area contributed by atoms with E-state index in [0.717, 1.165) is 28.8 Å². The Bertz CT molecular complexity index is 1330. The van der Waals surface area contributed by atoms with E-state index in [9.17, 15) is 12.8 Å². The van der Waals surface area contributed by atoms with Crippen molar-refractivity contribution in [2.24, 2.45) is 5.92 Å². The fourth-order valence-electron chi connectivity index (χ4n) is 4.82. The number of rotatable bonds is 4. The molecule has 0 bridgehead atoms. The maximum Gasteiger partial charge on any atom is 0.261 e. The summed E-state index contributed by atoms with van der Waals surface area (Å²) in [5.41, 5.74) is 4.85. The van der Waals surface area contributed by atoms with Gasteiger partial charge in [0, 0.05) is 17.2 Å². The van der Waals surface area contributed by atoms with E-state index in [1.54, 1.807) is 24.3 Å². The van der Waals surface area contributed by atoms with Crippen LogP contribution in [0.4, 0.5) is 15.8 Å². The molecule has 1 aliphatic carbocycles. The van der Waals surface area contributed by atoms with Crippen LogP contribution in [-0.2, 0) is 10.0 Å². The van der Waals surface area contributed by atoms with E-state index < -0.39 is 10.0 Å². The summed E-state index contributed by atoms with van der Waals surface area (Å²) in [6.45, 7) is 3.81. The molecule has 0 radical (unpaired) electrons. The average molecular weight is 449 g/mol. The summed E-state index contributed by atoms with van der Waals surface area (Å²) in [5.74, 6) is -0.0629. The molecule has 32 heavy (non-hydrogen) atoms. The zero-order chi connectivity index (χ0) is 22.5. The first kappa shape index (κ1) is 20.8. The van der Waals surface area contributed by atoms with Gasteiger partial charge in [-0.1, -0.05) is 42.5 Å². The fraction of sp³-hybridized carbons (Fsp3) is 0.231. The quantitative estimate of drug-likeness (QED) is 0.476. The molecule has 1 aliphatic heterocycles. The Balaban J connectivity index is 1.51. The second-order valence-electron chi connectivity index (χ2n) is 8.67. The Morgan fingerprint density at radius 1 is 1.00 bits per heavy atom. The second kappa shape index (κ2) is 7.78. The molecule has 0 fully saturated rings. The van der Waals surface area contributed by atoms with E-state index in [1.165, 1.54) is 6.07 Å². The van der Waals surface area contributed by atoms with Crippen LogP contribution < -0.4 is 10.0 Å². The highest BCUT2D eigenvalue weighted by atomic mass is 32.2. The summed E-state index contributed by atoms with van der Waals surface area (Å²) < 4.78 is 43.6. The van der Waals surface area contributed by atoms with Gasteiger partial charge in [0.2, 0.25) is 0 Å². The van der Waals surface area contributed by atoms with Gasteiger partial charge in [0.25, 0.3) is 10.0 Å². The van der Waals surface area contributed by atoms with Crippen molar-refractivity contribution in [3.05, 3.63) is 101 Å². The smallest absolute Gasteiger partial charge is 0.261 e. The van der Waals surface area contributed by atoms with Gasteiger partial charge in [0.1, 0.15) is 5.82 Å². The number of aryl methyl sites for hydroxylation is 2. The largest absolute Gasteiger partial charge is 0.378 e. The van der Waals surface area contributed by atoms with Crippen LogP contribution in [0, 0.1) is 25.6 Å². The lowest BCUT2D eigenvalue weighted by Gasteiger charge is -2.37. The van der Waals surface area contributed by atoms with E-state index in [1.807, 2.05) is 44.2 Å². The standard InChI is InChI=1S/C26H25FN2O2S/c1-16-10-11-17(2)25(14-16)29-32(30,31)18-12-13-24-22(15-18)19-7-5-8-20(19)26(28-24)21-6-3-4-9-23(21)27/h3-7,9-15,19-20,26,28-29H,8H2,1-2H3/t19-,20+,26-/m0/s1. The van der Waals surface area contributed by atoms with Crippen LogP contribution in [0.2, 0.25) is 0 Å². The van der Waals surface area contributed by atoms with Crippen molar-refractivity contribution in [1.29, 1.82) is 0 Å². The molecule has 0 saturated heterocycles. The molecule has 5 rings (SSSR count). The zero-order valence-corrected chi connectivity index (χ0v) is 18.8. The monoisotopic (exact) mass is 448 g/mol. The predicted octanol–water partition coefficient (Wildman–Crippen LogP) is 6.07. The van der Waals surface area contributed by atoms with E-state index in [0.29, 0.717) is 11.3 Å². The molecule has 0 spiro atoms. The van der Waals surface area contributed by atoms with Gasteiger partial charge in [-0.2, -0.15) is 0 Å². The predicted molar refractivity (Wildman–Crippen MR) is 126 cm³/mol. The number of allylic oxidation sites excluding steroid dienone is 2. The van der Waals surface area contributed by atoms with Gasteiger partial charge in [0.15, 0.2) is 0 Å². The molecule has 3 aromatic carbocycles. The van der Waals surface area contributed by atoms with Gasteiger partial charge in [-0.3, -0.25) is 4.72 Å². The maximum atomic E-state index is 14.5. The fourth-order valence-corrected chi connectivity index (χ4v) is 5.98. The van der Waals surface area contributed by atoms with Crippen LogP contribution >= 0.6 is 0 Å². The third kappa shape index (κ3) is 3.58. The highest BCUT2D eigenvalue weighted by Gasteiger charge is 2.39. The molecule has 2 aliphatic rings. The Hall–Kier alpha value is -3.12. The normalized spacial score (nSPS) is 21.5. The van der Waals surface area contributed by atoms with Crippen LogP contribution in [0.1, 0.15) is 40.6 Å². The van der Waals surface area contributed by atoms with E-state index >= 15 is 0 Å². The summed E-state index contributed by atoms with van der Waals surface area (Å²) in [6, 6.07) is 17.5. The van der Waals surface area contributed by atoms with Gasteiger partial charge in [-0.15, -0.1) is 0 Å². The molecule has 3 aromatic rings. The minimum absolute atomic E-state index is 0.0340. The molecule has 2 N–H and O–H groups in total.